The highest BCUT2D eigenvalue weighted by molar-refractivity contribution is 6.30. The number of hydrogen-bond donors (Lipinski definition) is 0. The molecule has 0 aliphatic heterocycles. The van der Waals surface area contributed by atoms with Crippen LogP contribution in [0.2, 0.25) is 5.02 Å². The smallest absolute Gasteiger partial charge is 0.0710 e. The molecular formula is C23H21ClN2. The van der Waals surface area contributed by atoms with E-state index in [1.54, 1.807) is 0 Å². The van der Waals surface area contributed by atoms with Crippen molar-refractivity contribution in [3.8, 4) is 0 Å². The SMILES string of the molecule is Cc1c(C)n(Cc2cccc(Cl)c2)c2c(Cc3ccccc3)nccc12. The summed E-state index contributed by atoms with van der Waals surface area (Å²) in [4.78, 5) is 4.73. The maximum atomic E-state index is 6.19. The van der Waals surface area contributed by atoms with Crippen molar-refractivity contribution in [2.75, 3.05) is 0 Å². The maximum absolute atomic E-state index is 6.19. The molecule has 2 aromatic heterocycles. The number of pyridine rings is 1. The molecule has 0 spiro atoms. The second kappa shape index (κ2) is 6.97. The van der Waals surface area contributed by atoms with Crippen LogP contribution in [0.3, 0.4) is 0 Å². The summed E-state index contributed by atoms with van der Waals surface area (Å²) < 4.78 is 2.38. The number of aryl methyl sites for hydroxylation is 1. The summed E-state index contributed by atoms with van der Waals surface area (Å²) in [7, 11) is 0. The molecule has 0 aliphatic rings. The summed E-state index contributed by atoms with van der Waals surface area (Å²) in [6.07, 6.45) is 2.76. The van der Waals surface area contributed by atoms with Crippen molar-refractivity contribution in [3.05, 3.63) is 100.0 Å². The van der Waals surface area contributed by atoms with Gasteiger partial charge >= 0.3 is 0 Å². The molecule has 3 heteroatoms. The number of fused-ring (bicyclic) bond motifs is 1. The van der Waals surface area contributed by atoms with Gasteiger partial charge in [0.05, 0.1) is 11.2 Å². The van der Waals surface area contributed by atoms with Gasteiger partial charge < -0.3 is 4.57 Å². The van der Waals surface area contributed by atoms with E-state index >= 15 is 0 Å². The van der Waals surface area contributed by atoms with Crippen LogP contribution >= 0.6 is 11.6 Å². The molecule has 4 aromatic rings. The van der Waals surface area contributed by atoms with Crippen molar-refractivity contribution in [3.63, 3.8) is 0 Å². The summed E-state index contributed by atoms with van der Waals surface area (Å²) in [5, 5.41) is 2.06. The third-order valence-electron chi connectivity index (χ3n) is 5.07. The van der Waals surface area contributed by atoms with Gasteiger partial charge in [-0.1, -0.05) is 54.1 Å². The Bertz CT molecular complexity index is 1060. The standard InChI is InChI=1S/C23H21ClN2/c1-16-17(2)26(15-19-9-6-10-20(24)13-19)23-21(16)11-12-25-22(23)14-18-7-4-3-5-8-18/h3-13H,14-15H2,1-2H3. The van der Waals surface area contributed by atoms with Crippen molar-refractivity contribution in [1.82, 2.24) is 9.55 Å². The molecule has 2 heterocycles. The van der Waals surface area contributed by atoms with E-state index in [0.717, 1.165) is 23.7 Å². The molecule has 26 heavy (non-hydrogen) atoms. The van der Waals surface area contributed by atoms with Crippen molar-refractivity contribution in [2.24, 2.45) is 0 Å². The van der Waals surface area contributed by atoms with Crippen LogP contribution in [0.5, 0.6) is 0 Å². The first-order valence-electron chi connectivity index (χ1n) is 8.85. The zero-order valence-corrected chi connectivity index (χ0v) is 15.8. The van der Waals surface area contributed by atoms with E-state index < -0.39 is 0 Å². The Kier molecular flexibility index (Phi) is 4.52. The van der Waals surface area contributed by atoms with Crippen molar-refractivity contribution >= 4 is 22.5 Å². The Balaban J connectivity index is 1.85. The van der Waals surface area contributed by atoms with Gasteiger partial charge in [0.25, 0.3) is 0 Å². The highest BCUT2D eigenvalue weighted by atomic mass is 35.5. The first-order valence-corrected chi connectivity index (χ1v) is 9.23. The molecule has 130 valence electrons. The molecule has 0 radical (unpaired) electrons. The summed E-state index contributed by atoms with van der Waals surface area (Å²) in [5.41, 5.74) is 7.42. The van der Waals surface area contributed by atoms with E-state index in [-0.39, 0.29) is 0 Å². The predicted molar refractivity (Wildman–Crippen MR) is 109 cm³/mol. The van der Waals surface area contributed by atoms with Crippen LogP contribution in [0, 0.1) is 13.8 Å². The van der Waals surface area contributed by atoms with E-state index in [1.165, 1.54) is 33.3 Å². The molecule has 0 saturated carbocycles. The minimum absolute atomic E-state index is 0.774. The van der Waals surface area contributed by atoms with Crippen molar-refractivity contribution in [1.29, 1.82) is 0 Å². The monoisotopic (exact) mass is 360 g/mol. The maximum Gasteiger partial charge on any atom is 0.0710 e. The van der Waals surface area contributed by atoms with E-state index in [1.807, 2.05) is 30.5 Å². The molecule has 4 rings (SSSR count). The molecule has 2 nitrogen and oxygen atoms in total. The molecule has 0 atom stereocenters. The zero-order valence-electron chi connectivity index (χ0n) is 15.0. The average molecular weight is 361 g/mol. The molecular weight excluding hydrogens is 340 g/mol. The fourth-order valence-corrected chi connectivity index (χ4v) is 3.81. The number of rotatable bonds is 4. The Labute approximate surface area is 159 Å². The lowest BCUT2D eigenvalue weighted by Crippen LogP contribution is -2.05. The van der Waals surface area contributed by atoms with Crippen LogP contribution in [0.15, 0.2) is 66.9 Å². The third kappa shape index (κ3) is 3.13. The Morgan fingerprint density at radius 3 is 2.46 bits per heavy atom. The van der Waals surface area contributed by atoms with E-state index in [9.17, 15) is 0 Å². The van der Waals surface area contributed by atoms with Gasteiger partial charge in [-0.25, -0.2) is 0 Å². The number of halogens is 1. The fraction of sp³-hybridized carbons (Fsp3) is 0.174. The normalized spacial score (nSPS) is 11.2. The summed E-state index contributed by atoms with van der Waals surface area (Å²) >= 11 is 6.19. The predicted octanol–water partition coefficient (Wildman–Crippen LogP) is 5.95. The lowest BCUT2D eigenvalue weighted by molar-refractivity contribution is 0.794. The lowest BCUT2D eigenvalue weighted by Gasteiger charge is -2.12. The van der Waals surface area contributed by atoms with Crippen LogP contribution in [-0.2, 0) is 13.0 Å². The summed E-state index contributed by atoms with van der Waals surface area (Å²) in [6, 6.07) is 20.7. The van der Waals surface area contributed by atoms with Gasteiger partial charge in [-0.05, 0) is 48.7 Å². The van der Waals surface area contributed by atoms with E-state index in [0.29, 0.717) is 0 Å². The first kappa shape index (κ1) is 16.9. The quantitative estimate of drug-likeness (QED) is 0.440. The summed E-state index contributed by atoms with van der Waals surface area (Å²) in [5.74, 6) is 0. The van der Waals surface area contributed by atoms with E-state index in [4.69, 9.17) is 16.6 Å². The Morgan fingerprint density at radius 2 is 1.69 bits per heavy atom. The molecule has 0 saturated heterocycles. The van der Waals surface area contributed by atoms with Gasteiger partial charge in [0, 0.05) is 35.3 Å². The zero-order chi connectivity index (χ0) is 18.1. The van der Waals surface area contributed by atoms with Gasteiger partial charge in [0.2, 0.25) is 0 Å². The van der Waals surface area contributed by atoms with Crippen LogP contribution in [0.4, 0.5) is 0 Å². The molecule has 0 N–H and O–H groups in total. The van der Waals surface area contributed by atoms with Crippen LogP contribution in [0.1, 0.15) is 28.1 Å². The minimum atomic E-state index is 0.774. The van der Waals surface area contributed by atoms with Crippen molar-refractivity contribution < 1.29 is 0 Å². The van der Waals surface area contributed by atoms with Crippen LogP contribution in [0.25, 0.3) is 10.9 Å². The number of hydrogen-bond acceptors (Lipinski definition) is 1. The van der Waals surface area contributed by atoms with Crippen LogP contribution < -0.4 is 0 Å². The molecule has 0 bridgehead atoms. The number of aromatic nitrogens is 2. The molecule has 0 amide bonds. The second-order valence-electron chi connectivity index (χ2n) is 6.74. The molecule has 0 unspecified atom stereocenters. The van der Waals surface area contributed by atoms with Gasteiger partial charge in [-0.3, -0.25) is 4.98 Å². The average Bonchev–Trinajstić information content (AvgIpc) is 2.89. The van der Waals surface area contributed by atoms with Crippen molar-refractivity contribution in [2.45, 2.75) is 26.8 Å². The van der Waals surface area contributed by atoms with Gasteiger partial charge in [0.15, 0.2) is 0 Å². The molecule has 0 aliphatic carbocycles. The molecule has 2 aromatic carbocycles. The third-order valence-corrected chi connectivity index (χ3v) is 5.30. The highest BCUT2D eigenvalue weighted by Crippen LogP contribution is 2.29. The van der Waals surface area contributed by atoms with E-state index in [2.05, 4.69) is 54.8 Å². The van der Waals surface area contributed by atoms with Gasteiger partial charge in [0.1, 0.15) is 0 Å². The summed E-state index contributed by atoms with van der Waals surface area (Å²) in [6.45, 7) is 5.18. The minimum Gasteiger partial charge on any atom is -0.339 e. The van der Waals surface area contributed by atoms with Gasteiger partial charge in [-0.15, -0.1) is 0 Å². The number of nitrogens with zero attached hydrogens (tertiary/aromatic N) is 2. The lowest BCUT2D eigenvalue weighted by atomic mass is 10.1. The Hall–Kier alpha value is -2.58. The van der Waals surface area contributed by atoms with Gasteiger partial charge in [-0.2, -0.15) is 0 Å². The largest absolute Gasteiger partial charge is 0.339 e. The fourth-order valence-electron chi connectivity index (χ4n) is 3.60. The topological polar surface area (TPSA) is 17.8 Å². The number of benzene rings is 2. The molecule has 0 fully saturated rings. The Morgan fingerprint density at radius 1 is 0.923 bits per heavy atom. The second-order valence-corrected chi connectivity index (χ2v) is 7.18. The highest BCUT2D eigenvalue weighted by Gasteiger charge is 2.15. The van der Waals surface area contributed by atoms with Crippen LogP contribution in [-0.4, -0.2) is 9.55 Å². The first-order chi connectivity index (χ1) is 12.6.